The van der Waals surface area contributed by atoms with Gasteiger partial charge in [0.15, 0.2) is 0 Å². The van der Waals surface area contributed by atoms with E-state index in [1.807, 2.05) is 11.0 Å². The number of anilines is 1. The molecular weight excluding hydrogens is 348 g/mol. The molecule has 0 fully saturated rings. The van der Waals surface area contributed by atoms with Crippen LogP contribution < -0.4 is 5.32 Å². The lowest BCUT2D eigenvalue weighted by molar-refractivity contribution is -0.134. The molecule has 1 aromatic heterocycles. The van der Waals surface area contributed by atoms with E-state index in [9.17, 15) is 4.79 Å². The van der Waals surface area contributed by atoms with Crippen LogP contribution in [0.2, 0.25) is 0 Å². The number of carbonyl (C=O) groups excluding carboxylic acids is 1. The number of hydrogen-bond donors (Lipinski definition) is 2. The van der Waals surface area contributed by atoms with Crippen molar-refractivity contribution in [3.05, 3.63) is 58.9 Å². The number of allylic oxidation sites excluding steroid dienone is 2. The molecular formula is C23H28N4O. The molecule has 3 atom stereocenters. The van der Waals surface area contributed by atoms with Gasteiger partial charge in [-0.3, -0.25) is 9.89 Å². The molecule has 5 nitrogen and oxygen atoms in total. The Morgan fingerprint density at radius 1 is 1.32 bits per heavy atom. The molecule has 0 spiro atoms. The first kappa shape index (κ1) is 17.5. The van der Waals surface area contributed by atoms with Gasteiger partial charge in [-0.25, -0.2) is 0 Å². The first-order chi connectivity index (χ1) is 13.8. The van der Waals surface area contributed by atoms with Crippen LogP contribution in [-0.2, 0) is 24.2 Å². The quantitative estimate of drug-likeness (QED) is 0.798. The molecule has 5 rings (SSSR count). The molecule has 0 unspecified atom stereocenters. The summed E-state index contributed by atoms with van der Waals surface area (Å²) in [6.07, 6.45) is 9.66. The molecule has 3 aliphatic rings. The smallest absolute Gasteiger partial charge is 0.245 e. The minimum absolute atomic E-state index is 0.151. The van der Waals surface area contributed by atoms with Crippen LogP contribution in [0, 0.1) is 5.92 Å². The van der Waals surface area contributed by atoms with E-state index in [1.165, 1.54) is 16.8 Å². The third kappa shape index (κ3) is 2.84. The first-order valence-electron chi connectivity index (χ1n) is 10.6. The number of nitrogens with zero attached hydrogens (tertiary/aromatic N) is 2. The van der Waals surface area contributed by atoms with Crippen LogP contribution >= 0.6 is 0 Å². The highest BCUT2D eigenvalue weighted by atomic mass is 16.2. The summed E-state index contributed by atoms with van der Waals surface area (Å²) in [5.41, 5.74) is 6.06. The van der Waals surface area contributed by atoms with Gasteiger partial charge in [0.2, 0.25) is 5.91 Å². The van der Waals surface area contributed by atoms with E-state index >= 15 is 0 Å². The van der Waals surface area contributed by atoms with Crippen LogP contribution in [0.25, 0.3) is 0 Å². The van der Waals surface area contributed by atoms with Crippen LogP contribution in [0.1, 0.15) is 54.6 Å². The predicted molar refractivity (Wildman–Crippen MR) is 110 cm³/mol. The fraction of sp³-hybridized carbons (Fsp3) is 0.478. The lowest BCUT2D eigenvalue weighted by Gasteiger charge is -2.39. The van der Waals surface area contributed by atoms with E-state index in [0.29, 0.717) is 18.4 Å². The normalized spacial score (nSPS) is 25.0. The molecule has 5 heteroatoms. The molecule has 0 saturated heterocycles. The number of unbranched alkanes of at least 4 members (excludes halogenated alkanes) is 1. The molecule has 146 valence electrons. The summed E-state index contributed by atoms with van der Waals surface area (Å²) < 4.78 is 0. The van der Waals surface area contributed by atoms with E-state index in [0.717, 1.165) is 50.0 Å². The highest BCUT2D eigenvalue weighted by molar-refractivity contribution is 5.87. The van der Waals surface area contributed by atoms with Crippen molar-refractivity contribution in [3.8, 4) is 0 Å². The molecule has 1 amide bonds. The average Bonchev–Trinajstić information content (AvgIpc) is 3.38. The first-order valence-corrected chi connectivity index (χ1v) is 10.6. The lowest BCUT2D eigenvalue weighted by Crippen LogP contribution is -2.50. The molecule has 2 aliphatic heterocycles. The third-order valence-corrected chi connectivity index (χ3v) is 6.64. The van der Waals surface area contributed by atoms with Gasteiger partial charge in [0.25, 0.3) is 0 Å². The highest BCUT2D eigenvalue weighted by Crippen LogP contribution is 2.45. The fourth-order valence-electron chi connectivity index (χ4n) is 5.08. The summed E-state index contributed by atoms with van der Waals surface area (Å²) >= 11 is 0. The van der Waals surface area contributed by atoms with Crippen LogP contribution in [-0.4, -0.2) is 33.6 Å². The number of H-pyrrole nitrogens is 1. The summed E-state index contributed by atoms with van der Waals surface area (Å²) in [6, 6.07) is 8.28. The van der Waals surface area contributed by atoms with Crippen molar-refractivity contribution in [2.45, 2.75) is 57.5 Å². The zero-order valence-corrected chi connectivity index (χ0v) is 16.4. The number of rotatable bonds is 4. The van der Waals surface area contributed by atoms with Gasteiger partial charge in [-0.2, -0.15) is 5.10 Å². The second-order valence-corrected chi connectivity index (χ2v) is 8.30. The van der Waals surface area contributed by atoms with Crippen LogP contribution in [0.4, 0.5) is 5.69 Å². The Kier molecular flexibility index (Phi) is 4.46. The van der Waals surface area contributed by atoms with Crippen molar-refractivity contribution in [1.29, 1.82) is 0 Å². The van der Waals surface area contributed by atoms with E-state index in [2.05, 4.69) is 52.8 Å². The predicted octanol–water partition coefficient (Wildman–Crippen LogP) is 3.79. The lowest BCUT2D eigenvalue weighted by atomic mass is 9.79. The Labute approximate surface area is 166 Å². The Balaban J connectivity index is 1.38. The number of aromatic nitrogens is 2. The van der Waals surface area contributed by atoms with Gasteiger partial charge in [-0.1, -0.05) is 43.7 Å². The topological polar surface area (TPSA) is 61.0 Å². The van der Waals surface area contributed by atoms with Gasteiger partial charge in [-0.15, -0.1) is 0 Å². The maximum Gasteiger partial charge on any atom is 0.245 e. The Morgan fingerprint density at radius 3 is 3.11 bits per heavy atom. The molecule has 0 radical (unpaired) electrons. The summed E-state index contributed by atoms with van der Waals surface area (Å²) in [7, 11) is 0. The summed E-state index contributed by atoms with van der Waals surface area (Å²) in [5.74, 6) is 0.898. The third-order valence-electron chi connectivity index (χ3n) is 6.64. The average molecular weight is 377 g/mol. The SMILES string of the molecule is CCCCc1n[nH]c2c1CN(C(=O)[C@H]1Nc3ccccc3[C@H]3C=CC[C@@H]13)CC2. The van der Waals surface area contributed by atoms with E-state index in [-0.39, 0.29) is 11.9 Å². The van der Waals surface area contributed by atoms with E-state index in [4.69, 9.17) is 0 Å². The van der Waals surface area contributed by atoms with Gasteiger partial charge >= 0.3 is 0 Å². The van der Waals surface area contributed by atoms with Crippen molar-refractivity contribution in [2.24, 2.45) is 5.92 Å². The Bertz CT molecular complexity index is 915. The number of para-hydroxylation sites is 1. The largest absolute Gasteiger partial charge is 0.373 e. The number of benzene rings is 1. The van der Waals surface area contributed by atoms with Gasteiger partial charge in [0.05, 0.1) is 5.69 Å². The Hall–Kier alpha value is -2.56. The van der Waals surface area contributed by atoms with Crippen LogP contribution in [0.3, 0.4) is 0 Å². The summed E-state index contributed by atoms with van der Waals surface area (Å²) in [4.78, 5) is 15.6. The van der Waals surface area contributed by atoms with Gasteiger partial charge < -0.3 is 10.2 Å². The fourth-order valence-corrected chi connectivity index (χ4v) is 5.08. The Morgan fingerprint density at radius 2 is 2.21 bits per heavy atom. The summed E-state index contributed by atoms with van der Waals surface area (Å²) in [5, 5.41) is 11.3. The van der Waals surface area contributed by atoms with Crippen molar-refractivity contribution in [2.75, 3.05) is 11.9 Å². The van der Waals surface area contributed by atoms with Crippen LogP contribution in [0.15, 0.2) is 36.4 Å². The van der Waals surface area contributed by atoms with Crippen molar-refractivity contribution >= 4 is 11.6 Å². The van der Waals surface area contributed by atoms with Crippen molar-refractivity contribution in [1.82, 2.24) is 15.1 Å². The number of fused-ring (bicyclic) bond motifs is 4. The zero-order valence-electron chi connectivity index (χ0n) is 16.4. The maximum absolute atomic E-state index is 13.6. The number of nitrogens with one attached hydrogen (secondary N) is 2. The zero-order chi connectivity index (χ0) is 19.1. The second kappa shape index (κ2) is 7.12. The number of amides is 1. The molecule has 1 aliphatic carbocycles. The highest BCUT2D eigenvalue weighted by Gasteiger charge is 2.42. The molecule has 2 N–H and O–H groups in total. The number of aryl methyl sites for hydroxylation is 1. The van der Waals surface area contributed by atoms with Gasteiger partial charge in [-0.05, 0) is 30.9 Å². The molecule has 28 heavy (non-hydrogen) atoms. The number of carbonyl (C=O) groups is 1. The molecule has 3 heterocycles. The van der Waals surface area contributed by atoms with Crippen molar-refractivity contribution < 1.29 is 4.79 Å². The minimum atomic E-state index is -0.151. The molecule has 1 aromatic carbocycles. The van der Waals surface area contributed by atoms with Crippen molar-refractivity contribution in [3.63, 3.8) is 0 Å². The summed E-state index contributed by atoms with van der Waals surface area (Å²) in [6.45, 7) is 3.66. The van der Waals surface area contributed by atoms with Crippen LogP contribution in [0.5, 0.6) is 0 Å². The molecule has 0 saturated carbocycles. The van der Waals surface area contributed by atoms with E-state index in [1.54, 1.807) is 0 Å². The number of hydrogen-bond acceptors (Lipinski definition) is 3. The molecule has 0 bridgehead atoms. The van der Waals surface area contributed by atoms with Gasteiger partial charge in [0.1, 0.15) is 6.04 Å². The molecule has 2 aromatic rings. The second-order valence-electron chi connectivity index (χ2n) is 8.30. The van der Waals surface area contributed by atoms with E-state index < -0.39 is 0 Å². The standard InChI is InChI=1S/C23H28N4O/c1-2-3-10-20-18-14-27(13-12-21(18)26-25-20)23(28)22-17-9-6-8-15(17)16-7-4-5-11-19(16)24-22/h4-8,11,15,17,22,24H,2-3,9-10,12-14H2,1H3,(H,25,26)/t15-,17-,22+/m1/s1. The van der Waals surface area contributed by atoms with Gasteiger partial charge in [0, 0.05) is 48.3 Å². The monoisotopic (exact) mass is 376 g/mol. The minimum Gasteiger partial charge on any atom is -0.373 e. The number of aromatic amines is 1. The maximum atomic E-state index is 13.6.